The van der Waals surface area contributed by atoms with Crippen molar-refractivity contribution in [1.82, 2.24) is 10.2 Å². The quantitative estimate of drug-likeness (QED) is 0.816. The topological polar surface area (TPSA) is 62.8 Å². The summed E-state index contributed by atoms with van der Waals surface area (Å²) >= 11 is 5.14. The number of thiocarbonyl (C=S) groups is 1. The maximum absolute atomic E-state index is 12.1. The number of nitrogens with one attached hydrogen (secondary N) is 2. The second-order valence-electron chi connectivity index (χ2n) is 4.48. The average Bonchev–Trinajstić information content (AvgIpc) is 2.51. The van der Waals surface area contributed by atoms with Crippen molar-refractivity contribution >= 4 is 28.9 Å². The zero-order valence-electron chi connectivity index (χ0n) is 12.1. The van der Waals surface area contributed by atoms with Gasteiger partial charge >= 0.3 is 0 Å². The molecule has 2 N–H and O–H groups in total. The molecule has 1 aromatic carbocycles. The molecule has 0 atom stereocenters. The summed E-state index contributed by atoms with van der Waals surface area (Å²) in [6.45, 7) is 3.87. The number of nitrogens with zero attached hydrogens (tertiary/aromatic N) is 1. The molecule has 0 fully saturated rings. The molecular formula is C14H19N3O3S. The third-order valence-electron chi connectivity index (χ3n) is 3.04. The van der Waals surface area contributed by atoms with Crippen LogP contribution in [-0.4, -0.2) is 49.3 Å². The molecule has 1 heterocycles. The number of rotatable bonds is 4. The number of hydrogen-bond acceptors (Lipinski definition) is 4. The Morgan fingerprint density at radius 3 is 2.71 bits per heavy atom. The molecule has 0 bridgehead atoms. The molecule has 21 heavy (non-hydrogen) atoms. The Hall–Kier alpha value is -2.02. The molecule has 0 aromatic heterocycles. The van der Waals surface area contributed by atoms with Crippen molar-refractivity contribution in [3.63, 3.8) is 0 Å². The van der Waals surface area contributed by atoms with Crippen molar-refractivity contribution in [2.24, 2.45) is 0 Å². The summed E-state index contributed by atoms with van der Waals surface area (Å²) < 4.78 is 10.9. The Bertz CT molecular complexity index is 536. The van der Waals surface area contributed by atoms with Gasteiger partial charge in [0, 0.05) is 25.3 Å². The van der Waals surface area contributed by atoms with Crippen molar-refractivity contribution < 1.29 is 14.3 Å². The molecule has 1 aliphatic heterocycles. The van der Waals surface area contributed by atoms with E-state index < -0.39 is 0 Å². The van der Waals surface area contributed by atoms with Gasteiger partial charge in [0.25, 0.3) is 0 Å². The van der Waals surface area contributed by atoms with E-state index in [1.165, 1.54) is 0 Å². The van der Waals surface area contributed by atoms with Gasteiger partial charge in [0.05, 0.1) is 6.54 Å². The molecule has 0 unspecified atom stereocenters. The SMILES string of the molecule is CCN(CC(=O)Nc1ccc2c(c1)OCCO2)C(=S)NC. The zero-order valence-corrected chi connectivity index (χ0v) is 13.0. The Morgan fingerprint density at radius 2 is 2.05 bits per heavy atom. The lowest BCUT2D eigenvalue weighted by Crippen LogP contribution is -2.42. The van der Waals surface area contributed by atoms with Crippen LogP contribution in [-0.2, 0) is 4.79 Å². The lowest BCUT2D eigenvalue weighted by molar-refractivity contribution is -0.116. The van der Waals surface area contributed by atoms with E-state index in [0.717, 1.165) is 0 Å². The first-order valence-electron chi connectivity index (χ1n) is 6.80. The second kappa shape index (κ2) is 7.12. The molecule has 0 spiro atoms. The standard InChI is InChI=1S/C14H19N3O3S/c1-3-17(14(21)15-2)9-13(18)16-10-4-5-11-12(8-10)20-7-6-19-11/h4-5,8H,3,6-7,9H2,1-2H3,(H,15,21)(H,16,18). The van der Waals surface area contributed by atoms with Crippen molar-refractivity contribution in [3.8, 4) is 11.5 Å². The van der Waals surface area contributed by atoms with Gasteiger partial charge in [0.2, 0.25) is 5.91 Å². The monoisotopic (exact) mass is 309 g/mol. The van der Waals surface area contributed by atoms with E-state index in [0.29, 0.717) is 42.1 Å². The zero-order chi connectivity index (χ0) is 15.2. The van der Waals surface area contributed by atoms with Crippen LogP contribution in [0.4, 0.5) is 5.69 Å². The Balaban J connectivity index is 1.97. The predicted octanol–water partition coefficient (Wildman–Crippen LogP) is 1.22. The molecule has 0 saturated carbocycles. The second-order valence-corrected chi connectivity index (χ2v) is 4.86. The summed E-state index contributed by atoms with van der Waals surface area (Å²) in [5.41, 5.74) is 0.677. The van der Waals surface area contributed by atoms with Gasteiger partial charge in [0.1, 0.15) is 13.2 Å². The van der Waals surface area contributed by atoms with Gasteiger partial charge < -0.3 is 25.0 Å². The van der Waals surface area contributed by atoms with Gasteiger partial charge in [-0.1, -0.05) is 0 Å². The van der Waals surface area contributed by atoms with Crippen LogP contribution in [0, 0.1) is 0 Å². The largest absolute Gasteiger partial charge is 0.486 e. The van der Waals surface area contributed by atoms with Crippen LogP contribution in [0.1, 0.15) is 6.92 Å². The number of hydrogen-bond donors (Lipinski definition) is 2. The molecule has 1 amide bonds. The number of ether oxygens (including phenoxy) is 2. The molecule has 0 radical (unpaired) electrons. The molecule has 2 rings (SSSR count). The molecule has 6 nitrogen and oxygen atoms in total. The van der Waals surface area contributed by atoms with Gasteiger partial charge in [0.15, 0.2) is 16.6 Å². The van der Waals surface area contributed by atoms with E-state index in [1.807, 2.05) is 6.92 Å². The van der Waals surface area contributed by atoms with Crippen molar-refractivity contribution in [2.75, 3.05) is 38.7 Å². The Kier molecular flexibility index (Phi) is 5.21. The summed E-state index contributed by atoms with van der Waals surface area (Å²) in [7, 11) is 1.74. The van der Waals surface area contributed by atoms with Crippen LogP contribution in [0.2, 0.25) is 0 Å². The molecule has 7 heteroatoms. The maximum atomic E-state index is 12.1. The minimum atomic E-state index is -0.133. The number of benzene rings is 1. The van der Waals surface area contributed by atoms with Gasteiger partial charge in [-0.25, -0.2) is 0 Å². The third kappa shape index (κ3) is 3.98. The van der Waals surface area contributed by atoms with E-state index in [9.17, 15) is 4.79 Å². The van der Waals surface area contributed by atoms with E-state index in [4.69, 9.17) is 21.7 Å². The molecule has 1 aromatic rings. The highest BCUT2D eigenvalue weighted by molar-refractivity contribution is 7.80. The first kappa shape index (κ1) is 15.4. The van der Waals surface area contributed by atoms with E-state index in [-0.39, 0.29) is 12.5 Å². The number of carbonyl (C=O) groups is 1. The highest BCUT2D eigenvalue weighted by atomic mass is 32.1. The van der Waals surface area contributed by atoms with Gasteiger partial charge in [-0.15, -0.1) is 0 Å². The fourth-order valence-corrected chi connectivity index (χ4v) is 2.17. The Morgan fingerprint density at radius 1 is 1.33 bits per heavy atom. The number of fused-ring (bicyclic) bond motifs is 1. The maximum Gasteiger partial charge on any atom is 0.243 e. The van der Waals surface area contributed by atoms with Crippen LogP contribution < -0.4 is 20.1 Å². The summed E-state index contributed by atoms with van der Waals surface area (Å²) in [6, 6.07) is 5.34. The summed E-state index contributed by atoms with van der Waals surface area (Å²) in [5.74, 6) is 1.22. The van der Waals surface area contributed by atoms with Crippen LogP contribution >= 0.6 is 12.2 Å². The molecule has 0 aliphatic carbocycles. The van der Waals surface area contributed by atoms with Crippen LogP contribution in [0.25, 0.3) is 0 Å². The number of likely N-dealkylation sites (N-methyl/N-ethyl adjacent to an activating group) is 1. The number of carbonyl (C=O) groups excluding carboxylic acids is 1. The summed E-state index contributed by atoms with van der Waals surface area (Å²) in [5, 5.41) is 6.25. The highest BCUT2D eigenvalue weighted by Crippen LogP contribution is 2.32. The van der Waals surface area contributed by atoms with Crippen molar-refractivity contribution in [1.29, 1.82) is 0 Å². The molecule has 0 saturated heterocycles. The van der Waals surface area contributed by atoms with Gasteiger partial charge in [-0.3, -0.25) is 4.79 Å². The first-order chi connectivity index (χ1) is 10.1. The first-order valence-corrected chi connectivity index (χ1v) is 7.21. The lowest BCUT2D eigenvalue weighted by atomic mass is 10.2. The predicted molar refractivity (Wildman–Crippen MR) is 85.0 cm³/mol. The average molecular weight is 309 g/mol. The fraction of sp³-hybridized carbons (Fsp3) is 0.429. The molecule has 114 valence electrons. The van der Waals surface area contributed by atoms with Crippen molar-refractivity contribution in [3.05, 3.63) is 18.2 Å². The van der Waals surface area contributed by atoms with Gasteiger partial charge in [-0.2, -0.15) is 0 Å². The van der Waals surface area contributed by atoms with E-state index in [1.54, 1.807) is 30.1 Å². The van der Waals surface area contributed by atoms with Crippen LogP contribution in [0.15, 0.2) is 18.2 Å². The smallest absolute Gasteiger partial charge is 0.243 e. The van der Waals surface area contributed by atoms with Gasteiger partial charge in [-0.05, 0) is 31.3 Å². The van der Waals surface area contributed by atoms with E-state index in [2.05, 4.69) is 10.6 Å². The normalized spacial score (nSPS) is 12.5. The number of anilines is 1. The minimum absolute atomic E-state index is 0.133. The van der Waals surface area contributed by atoms with Crippen molar-refractivity contribution in [2.45, 2.75) is 6.92 Å². The molecule has 1 aliphatic rings. The number of amides is 1. The van der Waals surface area contributed by atoms with E-state index >= 15 is 0 Å². The molecular weight excluding hydrogens is 290 g/mol. The highest BCUT2D eigenvalue weighted by Gasteiger charge is 2.14. The lowest BCUT2D eigenvalue weighted by Gasteiger charge is -2.23. The Labute approximate surface area is 129 Å². The minimum Gasteiger partial charge on any atom is -0.486 e. The summed E-state index contributed by atoms with van der Waals surface area (Å²) in [6.07, 6.45) is 0. The van der Waals surface area contributed by atoms with Crippen LogP contribution in [0.5, 0.6) is 11.5 Å². The summed E-state index contributed by atoms with van der Waals surface area (Å²) in [4.78, 5) is 13.8. The third-order valence-corrected chi connectivity index (χ3v) is 3.51. The fourth-order valence-electron chi connectivity index (χ4n) is 1.98. The van der Waals surface area contributed by atoms with Crippen LogP contribution in [0.3, 0.4) is 0 Å².